The Morgan fingerprint density at radius 3 is 1.95 bits per heavy atom. The molecular formula is C90H137N17O17. The normalized spacial score (nSPS) is 16.4. The number of piperidine rings is 1. The number of likely N-dealkylation sites (tertiary alicyclic amines) is 2. The van der Waals surface area contributed by atoms with E-state index in [9.17, 15) is 57.8 Å². The Bertz CT molecular complexity index is 4240. The number of amides is 12. The van der Waals surface area contributed by atoms with Crippen LogP contribution in [-0.4, -0.2) is 267 Å². The number of nitrogens with two attached hydrogens (primary N) is 1. The molecule has 12 N–H and O–H groups in total. The molecule has 34 heteroatoms. The van der Waals surface area contributed by atoms with Gasteiger partial charge in [0.15, 0.2) is 0 Å². The summed E-state index contributed by atoms with van der Waals surface area (Å²) in [5.41, 5.74) is 12.5. The molecule has 684 valence electrons. The number of fused-ring (bicyclic) bond motifs is 1. The lowest BCUT2D eigenvalue weighted by atomic mass is 9.89. The maximum absolute atomic E-state index is 14.9. The van der Waals surface area contributed by atoms with E-state index in [0.717, 1.165) is 29.6 Å². The maximum Gasteiger partial charge on any atom is 0.410 e. The molecule has 2 fully saturated rings. The lowest BCUT2D eigenvalue weighted by Crippen LogP contribution is -2.60. The number of ether oxygens (including phenoxy) is 5. The molecule has 2 aliphatic heterocycles. The number of likely N-dealkylation sites (N-methyl/N-ethyl adjacent to an activating group) is 2. The molecule has 2 saturated heterocycles. The Balaban J connectivity index is 0.829. The number of carbonyl (C=O) groups excluding carboxylic acids is 11. The van der Waals surface area contributed by atoms with Gasteiger partial charge in [0.25, 0.3) is 5.91 Å². The molecule has 3 aromatic carbocycles. The lowest BCUT2D eigenvalue weighted by molar-refractivity contribution is -0.148. The predicted octanol–water partition coefficient (Wildman–Crippen LogP) is 6.85. The summed E-state index contributed by atoms with van der Waals surface area (Å²) in [6, 6.07) is 21.0. The van der Waals surface area contributed by atoms with Gasteiger partial charge in [0.1, 0.15) is 36.4 Å². The number of hydrogen-bond donors (Lipinski definition) is 11. The highest BCUT2D eigenvalue weighted by molar-refractivity contribution is 6.01. The zero-order valence-electron chi connectivity index (χ0n) is 75.3. The van der Waals surface area contributed by atoms with Crippen molar-refractivity contribution >= 4 is 87.7 Å². The second kappa shape index (κ2) is 50.7. The summed E-state index contributed by atoms with van der Waals surface area (Å²) in [7, 11) is 9.93. The number of aryl methyl sites for hydroxylation is 1. The highest BCUT2D eigenvalue weighted by atomic mass is 16.6. The number of anilines is 2. The van der Waals surface area contributed by atoms with Crippen LogP contribution < -0.4 is 53.7 Å². The predicted molar refractivity (Wildman–Crippen MR) is 472 cm³/mol. The van der Waals surface area contributed by atoms with E-state index in [0.29, 0.717) is 107 Å². The number of pyridine rings is 1. The van der Waals surface area contributed by atoms with Crippen molar-refractivity contribution in [2.45, 2.75) is 220 Å². The van der Waals surface area contributed by atoms with E-state index in [2.05, 4.69) is 63.6 Å². The van der Waals surface area contributed by atoms with E-state index >= 15 is 0 Å². The van der Waals surface area contributed by atoms with Gasteiger partial charge in [-0.15, -0.1) is 0 Å². The maximum atomic E-state index is 14.9. The number of hydrazine groups is 1. The molecule has 2 aromatic heterocycles. The highest BCUT2D eigenvalue weighted by Gasteiger charge is 2.45. The van der Waals surface area contributed by atoms with Gasteiger partial charge in [-0.2, -0.15) is 0 Å². The van der Waals surface area contributed by atoms with Crippen molar-refractivity contribution in [2.24, 2.45) is 35.3 Å². The molecule has 0 saturated carbocycles. The molecule has 4 heterocycles. The van der Waals surface area contributed by atoms with Crippen molar-refractivity contribution in [3.63, 3.8) is 0 Å². The molecule has 2 aliphatic rings. The van der Waals surface area contributed by atoms with Crippen LogP contribution in [0.4, 0.5) is 21.0 Å². The van der Waals surface area contributed by atoms with Crippen LogP contribution in [-0.2, 0) is 81.7 Å². The fourth-order valence-corrected chi connectivity index (χ4v) is 16.0. The Morgan fingerprint density at radius 1 is 0.661 bits per heavy atom. The van der Waals surface area contributed by atoms with E-state index in [1.165, 1.54) is 38.3 Å². The standard InChI is InChI=1S/C90H137N17O17/c1-17-59(8)79(72(120-15)53-75(110)107-44-23-28-71(107)81(121-16)60(9)83(112)96-61(10)80(111)63-24-19-18-20-25-63)103(13)88(117)77(57(4)5)101-87(116)78(58(6)7)104(14)90(119)124-55-62-29-33-68(34-30-62)98-85(114)70(27-22-42-95-89(91)118)99-86(115)76(56(2)3)100-84(113)64-31-35-67(36-32-64)97-73(108)40-48-122-50-51-123-49-43-93-66-37-45-105(46-38-66)74(109)39-47-106-69(54-102(12)92-11)52-65-26-21-41-94-82(65)106/h18-21,24-26,29-36,41,52,56-61,66,70-72,76-81,92-93,111H,17,22-23,27-28,37-40,42-51,53-55H2,1-16H3,(H,96,112)(H,97,108)(H,98,114)(H,99,115)(H,100,113)(H,101,116)(H3,91,95,118)/t59-,60+,61+,70-,71-,72+,76-,77-,78-,79-,80+,81+/m0/s1. The number of aliphatic hydroxyl groups is 1. The smallest absolute Gasteiger partial charge is 0.410 e. The van der Waals surface area contributed by atoms with E-state index in [1.54, 1.807) is 127 Å². The zero-order valence-corrected chi connectivity index (χ0v) is 75.3. The number of urea groups is 1. The first-order chi connectivity index (χ1) is 59.2. The van der Waals surface area contributed by atoms with Crippen LogP contribution in [0.1, 0.15) is 167 Å². The largest absolute Gasteiger partial charge is 0.445 e. The van der Waals surface area contributed by atoms with Gasteiger partial charge in [-0.25, -0.2) is 19.6 Å². The van der Waals surface area contributed by atoms with E-state index in [4.69, 9.17) is 29.4 Å². The second-order valence-electron chi connectivity index (χ2n) is 33.4. The van der Waals surface area contributed by atoms with Gasteiger partial charge < -0.3 is 96.3 Å². The molecule has 5 aromatic rings. The summed E-state index contributed by atoms with van der Waals surface area (Å²) < 4.78 is 31.4. The Kier molecular flexibility index (Phi) is 41.2. The first-order valence-electron chi connectivity index (χ1n) is 43.5. The van der Waals surface area contributed by atoms with Crippen LogP contribution >= 0.6 is 0 Å². The van der Waals surface area contributed by atoms with Crippen LogP contribution in [0.3, 0.4) is 0 Å². The minimum atomic E-state index is -1.17. The molecule has 0 radical (unpaired) electrons. The minimum absolute atomic E-state index is 0.0501. The van der Waals surface area contributed by atoms with Gasteiger partial charge in [-0.05, 0) is 142 Å². The quantitative estimate of drug-likeness (QED) is 0.0140. The molecule has 124 heavy (non-hydrogen) atoms. The van der Waals surface area contributed by atoms with Crippen LogP contribution in [0.25, 0.3) is 11.0 Å². The van der Waals surface area contributed by atoms with Gasteiger partial charge in [0, 0.05) is 121 Å². The third-order valence-corrected chi connectivity index (χ3v) is 23.4. The van der Waals surface area contributed by atoms with Crippen LogP contribution in [0.2, 0.25) is 0 Å². The van der Waals surface area contributed by atoms with Crippen molar-refractivity contribution in [1.29, 1.82) is 0 Å². The minimum Gasteiger partial charge on any atom is -0.445 e. The van der Waals surface area contributed by atoms with Gasteiger partial charge in [-0.1, -0.05) is 111 Å². The molecule has 12 amide bonds. The number of benzene rings is 3. The Morgan fingerprint density at radius 2 is 1.32 bits per heavy atom. The Labute approximate surface area is 730 Å². The second-order valence-corrected chi connectivity index (χ2v) is 33.4. The molecular weight excluding hydrogens is 1590 g/mol. The van der Waals surface area contributed by atoms with Crippen molar-refractivity contribution in [3.8, 4) is 0 Å². The molecule has 12 atom stereocenters. The number of nitrogens with zero attached hydrogens (tertiary/aromatic N) is 7. The van der Waals surface area contributed by atoms with Gasteiger partial charge in [0.2, 0.25) is 47.3 Å². The topological polar surface area (TPSA) is 422 Å². The molecule has 7 rings (SSSR count). The SMILES string of the molecule is CC[C@H](C)[C@@H]([C@@H](CC(=O)N1CCC[C@H]1[C@H](OC)[C@@H](C)C(=O)N[C@H](C)[C@@H](O)c1ccccc1)OC)N(C)C(=O)[C@@H](NC(=O)[C@H](C(C)C)N(C)C(=O)OCc1ccc(NC(=O)[C@H](CCCNC(N)=O)NC(=O)[C@@H](NC(=O)c2ccc(NC(=O)CCOCCOCCNC3CCN(C(=O)CCn4c(CN(C)NC)cc5cccnc54)CC3)cc2)C(C)C)cc1)C(C)C. The number of hydrogen-bond acceptors (Lipinski definition) is 21. The summed E-state index contributed by atoms with van der Waals surface area (Å²) in [6.07, 6.45) is 2.74. The molecule has 34 nitrogen and oxygen atoms in total. The van der Waals surface area contributed by atoms with Gasteiger partial charge >= 0.3 is 12.1 Å². The lowest BCUT2D eigenvalue weighted by Gasteiger charge is -2.41. The van der Waals surface area contributed by atoms with Gasteiger partial charge in [0.05, 0.1) is 88.2 Å². The third-order valence-electron chi connectivity index (χ3n) is 23.4. The molecule has 0 unspecified atom stereocenters. The summed E-state index contributed by atoms with van der Waals surface area (Å²) >= 11 is 0. The highest BCUT2D eigenvalue weighted by Crippen LogP contribution is 2.32. The molecule has 0 spiro atoms. The van der Waals surface area contributed by atoms with Crippen LogP contribution in [0, 0.1) is 29.6 Å². The van der Waals surface area contributed by atoms with Crippen molar-refractivity contribution < 1.29 is 81.5 Å². The number of rotatable bonds is 50. The fourth-order valence-electron chi connectivity index (χ4n) is 16.0. The first-order valence-corrected chi connectivity index (χ1v) is 43.5. The van der Waals surface area contributed by atoms with Crippen LogP contribution in [0.15, 0.2) is 103 Å². The summed E-state index contributed by atoms with van der Waals surface area (Å²) in [6.45, 7) is 22.8. The van der Waals surface area contributed by atoms with Crippen molar-refractivity contribution in [3.05, 3.63) is 126 Å². The first kappa shape index (κ1) is 101. The average molecular weight is 1730 g/mol. The monoisotopic (exact) mass is 1730 g/mol. The summed E-state index contributed by atoms with van der Waals surface area (Å²) in [4.78, 5) is 162. The van der Waals surface area contributed by atoms with Gasteiger partial charge in [-0.3, -0.25) is 53.5 Å². The summed E-state index contributed by atoms with van der Waals surface area (Å²) in [5, 5.41) is 37.1. The average Bonchev–Trinajstić information content (AvgIpc) is 1.44. The van der Waals surface area contributed by atoms with Crippen molar-refractivity contribution in [1.82, 2.24) is 71.5 Å². The number of aromatic nitrogens is 2. The van der Waals surface area contributed by atoms with E-state index < -0.39 is 126 Å². The Hall–Kier alpha value is -10.2. The number of carbonyl (C=O) groups is 11. The van der Waals surface area contributed by atoms with E-state index in [-0.39, 0.29) is 86.6 Å². The van der Waals surface area contributed by atoms with E-state index in [1.807, 2.05) is 68.2 Å². The zero-order chi connectivity index (χ0) is 90.9. The molecule has 0 bridgehead atoms. The summed E-state index contributed by atoms with van der Waals surface area (Å²) in [5.74, 6) is -5.86. The number of primary amides is 1. The van der Waals surface area contributed by atoms with Crippen LogP contribution in [0.5, 0.6) is 0 Å². The number of methoxy groups -OCH3 is 2. The number of nitrogens with one attached hydrogen (secondary N) is 9. The van der Waals surface area contributed by atoms with Crippen molar-refractivity contribution in [2.75, 3.05) is 112 Å². The number of aliphatic hydroxyl groups excluding tert-OH is 1. The fraction of sp³-hybridized carbons (Fsp3) is 0.600. The molecule has 0 aliphatic carbocycles. The third kappa shape index (κ3) is 30.0.